The number of carbonyl (C=O) groups excluding carboxylic acids is 1. The van der Waals surface area contributed by atoms with Gasteiger partial charge in [0, 0.05) is 12.6 Å². The Balaban J connectivity index is 1.65. The molecule has 0 aliphatic heterocycles. The van der Waals surface area contributed by atoms with Crippen molar-refractivity contribution in [3.05, 3.63) is 71.5 Å². The number of nitrogens with two attached hydrogens (primary N) is 1. The van der Waals surface area contributed by atoms with Gasteiger partial charge in [-0.05, 0) is 17.7 Å². The molecule has 7 heteroatoms. The summed E-state index contributed by atoms with van der Waals surface area (Å²) in [5.41, 5.74) is 6.72. The topological polar surface area (TPSA) is 107 Å². The first-order valence-electron chi connectivity index (χ1n) is 7.06. The minimum absolute atomic E-state index is 0.263. The van der Waals surface area contributed by atoms with Gasteiger partial charge in [-0.2, -0.15) is 4.98 Å². The van der Waals surface area contributed by atoms with E-state index >= 15 is 0 Å². The fraction of sp³-hybridized carbons (Fsp3) is 0.125. The van der Waals surface area contributed by atoms with Gasteiger partial charge in [0.2, 0.25) is 5.89 Å². The molecule has 1 aromatic carbocycles. The van der Waals surface area contributed by atoms with Crippen LogP contribution < -0.4 is 11.1 Å². The lowest BCUT2D eigenvalue weighted by molar-refractivity contribution is 0.100. The van der Waals surface area contributed by atoms with Crippen molar-refractivity contribution >= 4 is 11.7 Å². The highest BCUT2D eigenvalue weighted by atomic mass is 16.5. The number of primary amides is 1. The van der Waals surface area contributed by atoms with Crippen molar-refractivity contribution in [3.8, 4) is 0 Å². The Bertz CT molecular complexity index is 801. The Kier molecular flexibility index (Phi) is 4.28. The molecule has 3 N–H and O–H groups in total. The maximum Gasteiger partial charge on any atom is 0.252 e. The summed E-state index contributed by atoms with van der Waals surface area (Å²) < 4.78 is 5.19. The molecule has 2 aromatic heterocycles. The second-order valence-corrected chi connectivity index (χ2v) is 4.88. The van der Waals surface area contributed by atoms with E-state index in [4.69, 9.17) is 10.3 Å². The zero-order chi connectivity index (χ0) is 16.1. The van der Waals surface area contributed by atoms with Crippen LogP contribution in [0, 0.1) is 0 Å². The van der Waals surface area contributed by atoms with E-state index in [1.54, 1.807) is 18.3 Å². The molecule has 0 bridgehead atoms. The highest BCUT2D eigenvalue weighted by molar-refractivity contribution is 5.97. The molecule has 116 valence electrons. The summed E-state index contributed by atoms with van der Waals surface area (Å²) in [7, 11) is 0. The lowest BCUT2D eigenvalue weighted by atomic mass is 10.1. The normalized spacial score (nSPS) is 10.4. The van der Waals surface area contributed by atoms with Gasteiger partial charge in [-0.1, -0.05) is 35.5 Å². The third-order valence-electron chi connectivity index (χ3n) is 3.20. The summed E-state index contributed by atoms with van der Waals surface area (Å²) in [6.45, 7) is 0.263. The van der Waals surface area contributed by atoms with Crippen molar-refractivity contribution in [2.24, 2.45) is 5.73 Å². The summed E-state index contributed by atoms with van der Waals surface area (Å²) in [5.74, 6) is 0.861. The van der Waals surface area contributed by atoms with E-state index in [0.717, 1.165) is 5.56 Å². The number of anilines is 1. The molecule has 23 heavy (non-hydrogen) atoms. The molecule has 0 unspecified atom stereocenters. The van der Waals surface area contributed by atoms with Gasteiger partial charge in [-0.15, -0.1) is 0 Å². The Labute approximate surface area is 132 Å². The molecule has 7 nitrogen and oxygen atoms in total. The fourth-order valence-corrected chi connectivity index (χ4v) is 2.12. The van der Waals surface area contributed by atoms with Gasteiger partial charge in [-0.25, -0.2) is 4.98 Å². The number of hydrogen-bond acceptors (Lipinski definition) is 6. The lowest BCUT2D eigenvalue weighted by Gasteiger charge is -2.05. The van der Waals surface area contributed by atoms with Crippen molar-refractivity contribution < 1.29 is 9.32 Å². The van der Waals surface area contributed by atoms with Crippen LogP contribution in [0.4, 0.5) is 5.82 Å². The molecule has 0 radical (unpaired) electrons. The van der Waals surface area contributed by atoms with E-state index in [-0.39, 0.29) is 6.54 Å². The van der Waals surface area contributed by atoms with Gasteiger partial charge in [0.1, 0.15) is 5.82 Å². The lowest BCUT2D eigenvalue weighted by Crippen LogP contribution is -2.15. The van der Waals surface area contributed by atoms with E-state index in [0.29, 0.717) is 29.5 Å². The molecule has 0 spiro atoms. The molecule has 0 saturated heterocycles. The van der Waals surface area contributed by atoms with Crippen LogP contribution in [0.1, 0.15) is 27.6 Å². The summed E-state index contributed by atoms with van der Waals surface area (Å²) in [5, 5.41) is 6.92. The number of nitrogens with one attached hydrogen (secondary N) is 1. The van der Waals surface area contributed by atoms with E-state index in [1.807, 2.05) is 30.3 Å². The Hall–Kier alpha value is -3.22. The largest absolute Gasteiger partial charge is 0.365 e. The molecule has 0 aliphatic rings. The third kappa shape index (κ3) is 3.70. The Morgan fingerprint density at radius 2 is 2.00 bits per heavy atom. The molecular weight excluding hydrogens is 294 g/mol. The zero-order valence-electron chi connectivity index (χ0n) is 12.3. The molecule has 3 aromatic rings. The van der Waals surface area contributed by atoms with Crippen molar-refractivity contribution in [2.45, 2.75) is 13.0 Å². The monoisotopic (exact) mass is 309 g/mol. The van der Waals surface area contributed by atoms with Crippen molar-refractivity contribution in [1.82, 2.24) is 15.1 Å². The number of amides is 1. The van der Waals surface area contributed by atoms with Gasteiger partial charge >= 0.3 is 0 Å². The van der Waals surface area contributed by atoms with E-state index in [1.165, 1.54) is 0 Å². The number of pyridine rings is 1. The van der Waals surface area contributed by atoms with Crippen molar-refractivity contribution in [1.29, 1.82) is 0 Å². The van der Waals surface area contributed by atoms with Crippen LogP contribution in [0.2, 0.25) is 0 Å². The Morgan fingerprint density at radius 3 is 2.78 bits per heavy atom. The third-order valence-corrected chi connectivity index (χ3v) is 3.20. The smallest absolute Gasteiger partial charge is 0.252 e. The van der Waals surface area contributed by atoms with Crippen LogP contribution in [0.5, 0.6) is 0 Å². The SMILES string of the molecule is NC(=O)c1cccnc1NCc1nc(Cc2ccccc2)no1. The first kappa shape index (κ1) is 14.7. The fourth-order valence-electron chi connectivity index (χ4n) is 2.12. The highest BCUT2D eigenvalue weighted by Gasteiger charge is 2.11. The minimum atomic E-state index is -0.545. The standard InChI is InChI=1S/C16H15N5O2/c17-15(22)12-7-4-8-18-16(12)19-10-14-20-13(21-23-14)9-11-5-2-1-3-6-11/h1-8H,9-10H2,(H2,17,22)(H,18,19). The van der Waals surface area contributed by atoms with Gasteiger partial charge < -0.3 is 15.6 Å². The van der Waals surface area contributed by atoms with Crippen LogP contribution in [0.15, 0.2) is 53.2 Å². The van der Waals surface area contributed by atoms with Crippen molar-refractivity contribution in [3.63, 3.8) is 0 Å². The number of nitrogens with zero attached hydrogens (tertiary/aromatic N) is 3. The predicted molar refractivity (Wildman–Crippen MR) is 83.6 cm³/mol. The molecular formula is C16H15N5O2. The first-order chi connectivity index (χ1) is 11.2. The number of carbonyl (C=O) groups is 1. The summed E-state index contributed by atoms with van der Waals surface area (Å²) in [6.07, 6.45) is 2.17. The average molecular weight is 309 g/mol. The second-order valence-electron chi connectivity index (χ2n) is 4.88. The van der Waals surface area contributed by atoms with E-state index in [2.05, 4.69) is 20.4 Å². The van der Waals surface area contributed by atoms with E-state index < -0.39 is 5.91 Å². The van der Waals surface area contributed by atoms with Crippen LogP contribution in [0.25, 0.3) is 0 Å². The maximum atomic E-state index is 11.3. The molecule has 1 amide bonds. The number of aromatic nitrogens is 3. The van der Waals surface area contributed by atoms with E-state index in [9.17, 15) is 4.79 Å². The van der Waals surface area contributed by atoms with Crippen LogP contribution >= 0.6 is 0 Å². The zero-order valence-corrected chi connectivity index (χ0v) is 12.3. The maximum absolute atomic E-state index is 11.3. The summed E-state index contributed by atoms with van der Waals surface area (Å²) in [6, 6.07) is 13.1. The molecule has 0 atom stereocenters. The van der Waals surface area contributed by atoms with Gasteiger partial charge in [-0.3, -0.25) is 4.79 Å². The van der Waals surface area contributed by atoms with Crippen molar-refractivity contribution in [2.75, 3.05) is 5.32 Å². The first-order valence-corrected chi connectivity index (χ1v) is 7.06. The number of rotatable bonds is 6. The van der Waals surface area contributed by atoms with Gasteiger partial charge in [0.05, 0.1) is 12.1 Å². The Morgan fingerprint density at radius 1 is 1.17 bits per heavy atom. The predicted octanol–water partition coefficient (Wildman–Crippen LogP) is 1.77. The molecule has 0 saturated carbocycles. The average Bonchev–Trinajstić information content (AvgIpc) is 3.01. The van der Waals surface area contributed by atoms with Crippen LogP contribution in [0.3, 0.4) is 0 Å². The van der Waals surface area contributed by atoms with Gasteiger partial charge in [0.15, 0.2) is 5.82 Å². The molecule has 3 rings (SSSR count). The van der Waals surface area contributed by atoms with Gasteiger partial charge in [0.25, 0.3) is 5.91 Å². The number of benzene rings is 1. The highest BCUT2D eigenvalue weighted by Crippen LogP contribution is 2.12. The number of hydrogen-bond donors (Lipinski definition) is 2. The minimum Gasteiger partial charge on any atom is -0.365 e. The molecule has 0 fully saturated rings. The quantitative estimate of drug-likeness (QED) is 0.718. The summed E-state index contributed by atoms with van der Waals surface area (Å²) in [4.78, 5) is 19.7. The molecule has 0 aliphatic carbocycles. The second kappa shape index (κ2) is 6.69. The van der Waals surface area contributed by atoms with Crippen LogP contribution in [-0.2, 0) is 13.0 Å². The molecule has 2 heterocycles. The summed E-state index contributed by atoms with van der Waals surface area (Å²) >= 11 is 0. The van der Waals surface area contributed by atoms with Crippen LogP contribution in [-0.4, -0.2) is 21.0 Å².